The Hall–Kier alpha value is -1.29. The molecule has 0 radical (unpaired) electrons. The molecule has 1 amide bonds. The highest BCUT2D eigenvalue weighted by Gasteiger charge is 2.24. The first-order chi connectivity index (χ1) is 8.83. The maximum Gasteiger partial charge on any atom is 0.407 e. The lowest BCUT2D eigenvalue weighted by molar-refractivity contribution is 0.0523. The van der Waals surface area contributed by atoms with Crippen molar-refractivity contribution in [2.75, 3.05) is 0 Å². The van der Waals surface area contributed by atoms with Crippen LogP contribution < -0.4 is 5.32 Å². The Balaban J connectivity index is 1.94. The van der Waals surface area contributed by atoms with Crippen LogP contribution in [0.3, 0.4) is 0 Å². The summed E-state index contributed by atoms with van der Waals surface area (Å²) in [5.41, 5.74) is 1.48. The number of carbonyl (C=O) groups excluding carboxylic acids is 1. The van der Waals surface area contributed by atoms with Crippen LogP contribution in [0.15, 0.2) is 12.1 Å². The minimum Gasteiger partial charge on any atom is -0.444 e. The second kappa shape index (κ2) is 5.37. The van der Waals surface area contributed by atoms with Gasteiger partial charge in [0.05, 0.1) is 12.2 Å². The summed E-state index contributed by atoms with van der Waals surface area (Å²) >= 11 is 5.99. The van der Waals surface area contributed by atoms with E-state index >= 15 is 0 Å². The maximum atomic E-state index is 11.6. The van der Waals surface area contributed by atoms with Gasteiger partial charge in [-0.2, -0.15) is 0 Å². The van der Waals surface area contributed by atoms with Crippen molar-refractivity contribution in [1.82, 2.24) is 10.3 Å². The molecule has 1 heterocycles. The lowest BCUT2D eigenvalue weighted by atomic mass is 10.1. The SMILES string of the molecule is CC(C)(C)OC(=O)NCc1cc(C2CC2)cc(Cl)n1. The molecule has 5 heteroatoms. The monoisotopic (exact) mass is 282 g/mol. The summed E-state index contributed by atoms with van der Waals surface area (Å²) in [6.45, 7) is 5.81. The summed E-state index contributed by atoms with van der Waals surface area (Å²) in [6.07, 6.45) is 1.97. The third kappa shape index (κ3) is 4.71. The Kier molecular flexibility index (Phi) is 3.99. The van der Waals surface area contributed by atoms with Gasteiger partial charge >= 0.3 is 6.09 Å². The van der Waals surface area contributed by atoms with Gasteiger partial charge in [-0.1, -0.05) is 11.6 Å². The molecule has 0 saturated heterocycles. The summed E-state index contributed by atoms with van der Waals surface area (Å²) < 4.78 is 5.17. The maximum absolute atomic E-state index is 11.6. The van der Waals surface area contributed by atoms with Crippen LogP contribution >= 0.6 is 11.6 Å². The number of aromatic nitrogens is 1. The van der Waals surface area contributed by atoms with Crippen molar-refractivity contribution in [3.8, 4) is 0 Å². The van der Waals surface area contributed by atoms with Crippen LogP contribution in [0.5, 0.6) is 0 Å². The van der Waals surface area contributed by atoms with E-state index < -0.39 is 11.7 Å². The highest BCUT2D eigenvalue weighted by Crippen LogP contribution is 2.40. The van der Waals surface area contributed by atoms with Crippen molar-refractivity contribution in [1.29, 1.82) is 0 Å². The standard InChI is InChI=1S/C14H19ClN2O2/c1-14(2,3)19-13(18)16-8-11-6-10(9-4-5-9)7-12(15)17-11/h6-7,9H,4-5,8H2,1-3H3,(H,16,18). The zero-order valence-corrected chi connectivity index (χ0v) is 12.3. The number of pyridine rings is 1. The van der Waals surface area contributed by atoms with Gasteiger partial charge in [-0.05, 0) is 57.2 Å². The first kappa shape index (κ1) is 14.1. The predicted molar refractivity (Wildman–Crippen MR) is 74.3 cm³/mol. The van der Waals surface area contributed by atoms with Crippen LogP contribution in [0.4, 0.5) is 4.79 Å². The summed E-state index contributed by atoms with van der Waals surface area (Å²) in [5.74, 6) is 0.612. The molecule has 1 fully saturated rings. The topological polar surface area (TPSA) is 51.2 Å². The fourth-order valence-corrected chi connectivity index (χ4v) is 2.03. The van der Waals surface area contributed by atoms with E-state index in [1.807, 2.05) is 32.9 Å². The molecule has 104 valence electrons. The number of nitrogens with one attached hydrogen (secondary N) is 1. The summed E-state index contributed by atoms with van der Waals surface area (Å²) in [7, 11) is 0. The predicted octanol–water partition coefficient (Wildman–Crippen LogP) is 3.64. The van der Waals surface area contributed by atoms with Crippen molar-refractivity contribution >= 4 is 17.7 Å². The van der Waals surface area contributed by atoms with Crippen molar-refractivity contribution in [2.45, 2.75) is 51.7 Å². The lowest BCUT2D eigenvalue weighted by Crippen LogP contribution is -2.32. The normalized spacial score (nSPS) is 15.2. The largest absolute Gasteiger partial charge is 0.444 e. The van der Waals surface area contributed by atoms with Gasteiger partial charge < -0.3 is 10.1 Å². The van der Waals surface area contributed by atoms with Gasteiger partial charge in [-0.15, -0.1) is 0 Å². The molecule has 0 spiro atoms. The summed E-state index contributed by atoms with van der Waals surface area (Å²) in [6, 6.07) is 3.90. The minimum atomic E-state index is -0.495. The quantitative estimate of drug-likeness (QED) is 0.861. The Bertz CT molecular complexity index is 479. The van der Waals surface area contributed by atoms with Crippen LogP contribution in [0.1, 0.15) is 50.8 Å². The van der Waals surface area contributed by atoms with Crippen LogP contribution in [0.25, 0.3) is 0 Å². The zero-order valence-electron chi connectivity index (χ0n) is 11.5. The number of nitrogens with zero attached hydrogens (tertiary/aromatic N) is 1. The number of amides is 1. The first-order valence-corrected chi connectivity index (χ1v) is 6.84. The zero-order chi connectivity index (χ0) is 14.0. The average molecular weight is 283 g/mol. The van der Waals surface area contributed by atoms with E-state index in [9.17, 15) is 4.79 Å². The van der Waals surface area contributed by atoms with Crippen LogP contribution in [0.2, 0.25) is 5.15 Å². The van der Waals surface area contributed by atoms with E-state index in [0.29, 0.717) is 17.6 Å². The minimum absolute atomic E-state index is 0.329. The molecule has 0 bridgehead atoms. The molecule has 1 aromatic rings. The summed E-state index contributed by atoms with van der Waals surface area (Å²) in [5, 5.41) is 3.16. The molecule has 4 nitrogen and oxygen atoms in total. The first-order valence-electron chi connectivity index (χ1n) is 6.47. The van der Waals surface area contributed by atoms with E-state index in [1.165, 1.54) is 18.4 Å². The van der Waals surface area contributed by atoms with Crippen molar-refractivity contribution in [3.63, 3.8) is 0 Å². The number of rotatable bonds is 3. The Morgan fingerprint density at radius 2 is 2.16 bits per heavy atom. The number of halogens is 1. The average Bonchev–Trinajstić information content (AvgIpc) is 3.07. The second-order valence-corrected chi connectivity index (χ2v) is 6.23. The van der Waals surface area contributed by atoms with Gasteiger partial charge in [0.1, 0.15) is 10.8 Å². The Morgan fingerprint density at radius 1 is 1.47 bits per heavy atom. The smallest absolute Gasteiger partial charge is 0.407 e. The molecule has 0 atom stereocenters. The van der Waals surface area contributed by atoms with Gasteiger partial charge in [0, 0.05) is 0 Å². The fraction of sp³-hybridized carbons (Fsp3) is 0.571. The molecule has 1 aromatic heterocycles. The molecule has 1 aliphatic carbocycles. The molecular weight excluding hydrogens is 264 g/mol. The third-order valence-corrected chi connectivity index (χ3v) is 2.92. The van der Waals surface area contributed by atoms with Crippen LogP contribution in [-0.4, -0.2) is 16.7 Å². The van der Waals surface area contributed by atoms with Gasteiger partial charge in [0.15, 0.2) is 0 Å². The highest BCUT2D eigenvalue weighted by atomic mass is 35.5. The second-order valence-electron chi connectivity index (χ2n) is 5.84. The number of hydrogen-bond acceptors (Lipinski definition) is 3. The van der Waals surface area contributed by atoms with Gasteiger partial charge in [-0.25, -0.2) is 9.78 Å². The molecule has 1 aliphatic rings. The van der Waals surface area contributed by atoms with Gasteiger partial charge in [-0.3, -0.25) is 0 Å². The summed E-state index contributed by atoms with van der Waals surface area (Å²) in [4.78, 5) is 15.8. The third-order valence-electron chi connectivity index (χ3n) is 2.73. The van der Waals surface area contributed by atoms with E-state index in [-0.39, 0.29) is 0 Å². The van der Waals surface area contributed by atoms with Gasteiger partial charge in [0.2, 0.25) is 0 Å². The van der Waals surface area contributed by atoms with E-state index in [4.69, 9.17) is 16.3 Å². The van der Waals surface area contributed by atoms with Crippen LogP contribution in [-0.2, 0) is 11.3 Å². The van der Waals surface area contributed by atoms with Crippen molar-refractivity contribution in [3.05, 3.63) is 28.5 Å². The van der Waals surface area contributed by atoms with Crippen molar-refractivity contribution in [2.24, 2.45) is 0 Å². The molecule has 1 saturated carbocycles. The Morgan fingerprint density at radius 3 is 2.74 bits per heavy atom. The number of carbonyl (C=O) groups is 1. The molecular formula is C14H19ClN2O2. The number of alkyl carbamates (subject to hydrolysis) is 1. The van der Waals surface area contributed by atoms with Gasteiger partial charge in [0.25, 0.3) is 0 Å². The lowest BCUT2D eigenvalue weighted by Gasteiger charge is -2.19. The van der Waals surface area contributed by atoms with E-state index in [1.54, 1.807) is 0 Å². The number of ether oxygens (including phenoxy) is 1. The van der Waals surface area contributed by atoms with Crippen LogP contribution in [0, 0.1) is 0 Å². The highest BCUT2D eigenvalue weighted by molar-refractivity contribution is 6.29. The molecule has 0 aromatic carbocycles. The molecule has 0 unspecified atom stereocenters. The fourth-order valence-electron chi connectivity index (χ4n) is 1.79. The van der Waals surface area contributed by atoms with E-state index in [0.717, 1.165) is 5.69 Å². The molecule has 0 aliphatic heterocycles. The number of hydrogen-bond donors (Lipinski definition) is 1. The molecule has 1 N–H and O–H groups in total. The Labute approximate surface area is 118 Å². The molecule has 19 heavy (non-hydrogen) atoms. The molecule has 2 rings (SSSR count). The van der Waals surface area contributed by atoms with E-state index in [2.05, 4.69) is 10.3 Å². The van der Waals surface area contributed by atoms with Crippen molar-refractivity contribution < 1.29 is 9.53 Å².